The average Bonchev–Trinajstić information content (AvgIpc) is 3.38. The highest BCUT2D eigenvalue weighted by Gasteiger charge is 2.24. The van der Waals surface area contributed by atoms with E-state index < -0.39 is 0 Å². The van der Waals surface area contributed by atoms with Crippen molar-refractivity contribution in [3.05, 3.63) is 95.2 Å². The third kappa shape index (κ3) is 5.68. The first-order chi connectivity index (χ1) is 19.1. The van der Waals surface area contributed by atoms with Crippen LogP contribution in [0.4, 0.5) is 5.69 Å². The minimum Gasteiger partial charge on any atom is -0.495 e. The fourth-order valence-corrected chi connectivity index (χ4v) is 5.31. The molecule has 0 bridgehead atoms. The number of carbonyl (C=O) groups excluding carboxylic acids is 2. The minimum atomic E-state index is -0.184. The molecule has 3 aromatic carbocycles. The van der Waals surface area contributed by atoms with Crippen molar-refractivity contribution < 1.29 is 18.7 Å². The highest BCUT2D eigenvalue weighted by atomic mass is 16.5. The molecule has 1 aliphatic rings. The number of furan rings is 1. The Bertz CT molecular complexity index is 1440. The van der Waals surface area contributed by atoms with Gasteiger partial charge in [0.15, 0.2) is 5.76 Å². The molecule has 7 nitrogen and oxygen atoms in total. The molecule has 5 rings (SSSR count). The predicted molar refractivity (Wildman–Crippen MR) is 154 cm³/mol. The lowest BCUT2D eigenvalue weighted by atomic mass is 10.0. The first-order valence-corrected chi connectivity index (χ1v) is 13.6. The summed E-state index contributed by atoms with van der Waals surface area (Å²) in [5.41, 5.74) is 3.47. The molecule has 1 aliphatic heterocycles. The van der Waals surface area contributed by atoms with Gasteiger partial charge in [-0.3, -0.25) is 14.5 Å². The molecule has 0 saturated carbocycles. The third-order valence-electron chi connectivity index (χ3n) is 7.39. The van der Waals surface area contributed by atoms with Crippen LogP contribution in [0.3, 0.4) is 0 Å². The summed E-state index contributed by atoms with van der Waals surface area (Å²) in [4.78, 5) is 31.1. The Balaban J connectivity index is 1.18. The van der Waals surface area contributed by atoms with Crippen molar-refractivity contribution in [2.75, 3.05) is 51.3 Å². The van der Waals surface area contributed by atoms with E-state index >= 15 is 0 Å². The number of fused-ring (bicyclic) bond motifs is 1. The lowest BCUT2D eigenvalue weighted by Gasteiger charge is -2.36. The molecule has 0 radical (unpaired) electrons. The molecule has 202 valence electrons. The van der Waals surface area contributed by atoms with Crippen molar-refractivity contribution in [1.29, 1.82) is 0 Å². The van der Waals surface area contributed by atoms with Crippen LogP contribution in [0.2, 0.25) is 0 Å². The van der Waals surface area contributed by atoms with Gasteiger partial charge in [0.05, 0.1) is 18.4 Å². The van der Waals surface area contributed by atoms with E-state index in [1.54, 1.807) is 25.3 Å². The molecule has 1 aromatic heterocycles. The van der Waals surface area contributed by atoms with E-state index in [0.717, 1.165) is 61.5 Å². The number of piperazine rings is 1. The molecule has 1 saturated heterocycles. The number of hydrogen-bond acceptors (Lipinski definition) is 6. The van der Waals surface area contributed by atoms with Gasteiger partial charge in [-0.1, -0.05) is 61.5 Å². The summed E-state index contributed by atoms with van der Waals surface area (Å²) in [5, 5.41) is 3.87. The second-order valence-electron chi connectivity index (χ2n) is 9.75. The molecule has 0 aliphatic carbocycles. The maximum atomic E-state index is 13.2. The summed E-state index contributed by atoms with van der Waals surface area (Å²) in [6.45, 7) is 7.30. The van der Waals surface area contributed by atoms with Crippen LogP contribution in [0.15, 0.2) is 77.2 Å². The number of aryl methyl sites for hydroxylation is 1. The Morgan fingerprint density at radius 1 is 0.923 bits per heavy atom. The zero-order valence-corrected chi connectivity index (χ0v) is 22.6. The zero-order valence-electron chi connectivity index (χ0n) is 22.6. The standard InChI is InChI=1S/C32H35N3O4/c1-3-24-25-13-9-14-26(30(25)39-31(24)29(36)23-11-5-4-6-12-23)32(37)33-17-10-18-34-19-21-35(22-20-34)27-15-7-8-16-28(27)38-2/h4-9,11-16H,3,10,17-22H2,1-2H3,(H,33,37). The van der Waals surface area contributed by atoms with Gasteiger partial charge in [-0.15, -0.1) is 0 Å². The van der Waals surface area contributed by atoms with E-state index in [-0.39, 0.29) is 11.7 Å². The van der Waals surface area contributed by atoms with Crippen molar-refractivity contribution in [2.24, 2.45) is 0 Å². The SMILES string of the molecule is CCc1c(C(=O)c2ccccc2)oc2c(C(=O)NCCCN3CCN(c4ccccc4OC)CC3)cccc12. The molecule has 0 atom stereocenters. The van der Waals surface area contributed by atoms with Gasteiger partial charge in [0.2, 0.25) is 5.78 Å². The van der Waals surface area contributed by atoms with E-state index in [1.165, 1.54) is 0 Å². The Kier molecular flexibility index (Phi) is 8.27. The number of nitrogens with one attached hydrogen (secondary N) is 1. The van der Waals surface area contributed by atoms with Crippen molar-refractivity contribution in [2.45, 2.75) is 19.8 Å². The molecule has 7 heteroatoms. The summed E-state index contributed by atoms with van der Waals surface area (Å²) >= 11 is 0. The normalized spacial score (nSPS) is 13.9. The second-order valence-corrected chi connectivity index (χ2v) is 9.75. The van der Waals surface area contributed by atoms with Gasteiger partial charge in [-0.25, -0.2) is 0 Å². The highest BCUT2D eigenvalue weighted by Crippen LogP contribution is 2.31. The number of ketones is 1. The molecule has 0 unspecified atom stereocenters. The minimum absolute atomic E-state index is 0.166. The fourth-order valence-electron chi connectivity index (χ4n) is 5.31. The number of hydrogen-bond donors (Lipinski definition) is 1. The molecule has 1 N–H and O–H groups in total. The van der Waals surface area contributed by atoms with Crippen LogP contribution in [0.5, 0.6) is 5.75 Å². The largest absolute Gasteiger partial charge is 0.495 e. The molecular formula is C32H35N3O4. The van der Waals surface area contributed by atoms with Gasteiger partial charge in [0, 0.05) is 49.2 Å². The van der Waals surface area contributed by atoms with Crippen molar-refractivity contribution in [3.63, 3.8) is 0 Å². The van der Waals surface area contributed by atoms with Gasteiger partial charge in [-0.2, -0.15) is 0 Å². The van der Waals surface area contributed by atoms with Gasteiger partial charge < -0.3 is 19.4 Å². The van der Waals surface area contributed by atoms with E-state index in [9.17, 15) is 9.59 Å². The molecular weight excluding hydrogens is 490 g/mol. The smallest absolute Gasteiger partial charge is 0.255 e. The Labute approximate surface area is 229 Å². The summed E-state index contributed by atoms with van der Waals surface area (Å²) in [5.74, 6) is 0.867. The predicted octanol–water partition coefficient (Wildman–Crippen LogP) is 5.18. The first-order valence-electron chi connectivity index (χ1n) is 13.6. The van der Waals surface area contributed by atoms with Crippen LogP contribution in [-0.4, -0.2) is 63.0 Å². The van der Waals surface area contributed by atoms with E-state index in [4.69, 9.17) is 9.15 Å². The summed E-state index contributed by atoms with van der Waals surface area (Å²) < 4.78 is 11.6. The molecule has 1 fully saturated rings. The van der Waals surface area contributed by atoms with Gasteiger partial charge in [0.1, 0.15) is 11.3 Å². The van der Waals surface area contributed by atoms with Crippen LogP contribution < -0.4 is 15.0 Å². The Hall–Kier alpha value is -4.10. The lowest BCUT2D eigenvalue weighted by Crippen LogP contribution is -2.47. The molecule has 1 amide bonds. The van der Waals surface area contributed by atoms with Crippen LogP contribution in [0.1, 0.15) is 45.4 Å². The number of anilines is 1. The van der Waals surface area contributed by atoms with Crippen molar-refractivity contribution in [1.82, 2.24) is 10.2 Å². The second kappa shape index (κ2) is 12.2. The van der Waals surface area contributed by atoms with Gasteiger partial charge >= 0.3 is 0 Å². The van der Waals surface area contributed by atoms with Crippen molar-refractivity contribution in [3.8, 4) is 5.75 Å². The topological polar surface area (TPSA) is 75.0 Å². The Morgan fingerprint density at radius 2 is 1.67 bits per heavy atom. The number of para-hydroxylation sites is 3. The Morgan fingerprint density at radius 3 is 2.41 bits per heavy atom. The molecule has 0 spiro atoms. The number of rotatable bonds is 10. The van der Waals surface area contributed by atoms with Crippen LogP contribution >= 0.6 is 0 Å². The fraction of sp³-hybridized carbons (Fsp3) is 0.312. The van der Waals surface area contributed by atoms with E-state index in [1.807, 2.05) is 55.5 Å². The summed E-state index contributed by atoms with van der Waals surface area (Å²) in [7, 11) is 1.71. The quantitative estimate of drug-likeness (QED) is 0.227. The van der Waals surface area contributed by atoms with Crippen LogP contribution in [0, 0.1) is 0 Å². The van der Waals surface area contributed by atoms with E-state index in [0.29, 0.717) is 35.4 Å². The molecule has 2 heterocycles. The molecule has 4 aromatic rings. The first kappa shape index (κ1) is 26.5. The zero-order chi connectivity index (χ0) is 27.2. The average molecular weight is 526 g/mol. The third-order valence-corrected chi connectivity index (χ3v) is 7.39. The van der Waals surface area contributed by atoms with Gasteiger partial charge in [0.25, 0.3) is 5.91 Å². The number of benzene rings is 3. The maximum Gasteiger partial charge on any atom is 0.255 e. The number of amides is 1. The number of methoxy groups -OCH3 is 1. The molecule has 39 heavy (non-hydrogen) atoms. The highest BCUT2D eigenvalue weighted by molar-refractivity contribution is 6.13. The monoisotopic (exact) mass is 525 g/mol. The van der Waals surface area contributed by atoms with Gasteiger partial charge in [-0.05, 0) is 37.6 Å². The number of carbonyl (C=O) groups is 2. The van der Waals surface area contributed by atoms with E-state index in [2.05, 4.69) is 21.2 Å². The van der Waals surface area contributed by atoms with Crippen LogP contribution in [-0.2, 0) is 6.42 Å². The number of ether oxygens (including phenoxy) is 1. The lowest BCUT2D eigenvalue weighted by molar-refractivity contribution is 0.0949. The summed E-state index contributed by atoms with van der Waals surface area (Å²) in [6, 6.07) is 22.8. The number of nitrogens with zero attached hydrogens (tertiary/aromatic N) is 2. The summed E-state index contributed by atoms with van der Waals surface area (Å²) in [6.07, 6.45) is 1.49. The maximum absolute atomic E-state index is 13.2. The van der Waals surface area contributed by atoms with Crippen LogP contribution in [0.25, 0.3) is 11.0 Å². The van der Waals surface area contributed by atoms with Crippen molar-refractivity contribution >= 4 is 28.3 Å².